The average Bonchev–Trinajstić information content (AvgIpc) is 3.01. The normalized spacial score (nSPS) is 18.1. The van der Waals surface area contributed by atoms with Crippen LogP contribution in [0.25, 0.3) is 6.08 Å². The third-order valence-electron chi connectivity index (χ3n) is 5.15. The number of Topliss-reactive ketones (excluding diaryl/α,β-unsaturated/α-hetero) is 1. The van der Waals surface area contributed by atoms with Crippen LogP contribution in [0.5, 0.6) is 11.5 Å². The lowest BCUT2D eigenvalue weighted by Gasteiger charge is -2.27. The van der Waals surface area contributed by atoms with Gasteiger partial charge in [0.15, 0.2) is 5.76 Å². The number of fused-ring (bicyclic) bond motifs is 1. The van der Waals surface area contributed by atoms with Gasteiger partial charge >= 0.3 is 0 Å². The molecule has 0 saturated carbocycles. The number of nitro groups is 1. The van der Waals surface area contributed by atoms with Gasteiger partial charge in [0.1, 0.15) is 11.5 Å². The summed E-state index contributed by atoms with van der Waals surface area (Å²) in [6.07, 6.45) is 5.03. The number of carbonyl (C=O) groups excluding carboxylic acids is 1. The highest BCUT2D eigenvalue weighted by atomic mass is 16.6. The van der Waals surface area contributed by atoms with Gasteiger partial charge in [-0.2, -0.15) is 0 Å². The van der Waals surface area contributed by atoms with E-state index in [1.54, 1.807) is 24.3 Å². The topological polar surface area (TPSA) is 92.9 Å². The standard InChI is InChI=1S/C21H20N2O5/c24-18-9-8-16-20(25)19(12-14-4-6-15(7-5-14)23(26)27)28-21(16)17(18)13-22-10-2-1-3-11-22/h4-9,12,24H,1-3,10-11,13H2/b19-12-. The van der Waals surface area contributed by atoms with Crippen LogP contribution in [-0.2, 0) is 6.54 Å². The molecule has 0 aromatic heterocycles. The second-order valence-corrected chi connectivity index (χ2v) is 7.07. The van der Waals surface area contributed by atoms with Gasteiger partial charge in [-0.25, -0.2) is 0 Å². The zero-order chi connectivity index (χ0) is 19.7. The minimum Gasteiger partial charge on any atom is -0.507 e. The van der Waals surface area contributed by atoms with E-state index >= 15 is 0 Å². The molecule has 0 radical (unpaired) electrons. The van der Waals surface area contributed by atoms with Gasteiger partial charge in [0.2, 0.25) is 5.78 Å². The van der Waals surface area contributed by atoms with Gasteiger partial charge in [0, 0.05) is 18.7 Å². The molecule has 0 unspecified atom stereocenters. The molecular weight excluding hydrogens is 360 g/mol. The van der Waals surface area contributed by atoms with Crippen LogP contribution in [-0.4, -0.2) is 33.8 Å². The van der Waals surface area contributed by atoms with Crippen molar-refractivity contribution in [3.8, 4) is 11.5 Å². The molecule has 0 spiro atoms. The van der Waals surface area contributed by atoms with Gasteiger partial charge in [0.05, 0.1) is 16.1 Å². The number of nitro benzene ring substituents is 1. The number of rotatable bonds is 4. The maximum atomic E-state index is 12.7. The van der Waals surface area contributed by atoms with Crippen molar-refractivity contribution in [3.63, 3.8) is 0 Å². The second kappa shape index (κ2) is 7.44. The Morgan fingerprint density at radius 3 is 2.50 bits per heavy atom. The van der Waals surface area contributed by atoms with E-state index in [0.717, 1.165) is 25.9 Å². The first-order chi connectivity index (χ1) is 13.5. The minimum absolute atomic E-state index is 0.0159. The molecular formula is C21H20N2O5. The summed E-state index contributed by atoms with van der Waals surface area (Å²) in [7, 11) is 0. The monoisotopic (exact) mass is 380 g/mol. The summed E-state index contributed by atoms with van der Waals surface area (Å²) < 4.78 is 5.85. The van der Waals surface area contributed by atoms with Crippen LogP contribution in [0.15, 0.2) is 42.2 Å². The molecule has 0 atom stereocenters. The van der Waals surface area contributed by atoms with Crippen molar-refractivity contribution in [2.45, 2.75) is 25.8 Å². The molecule has 2 aliphatic rings. The van der Waals surface area contributed by atoms with Crippen molar-refractivity contribution in [3.05, 3.63) is 69.0 Å². The number of nitrogens with zero attached hydrogens (tertiary/aromatic N) is 2. The first-order valence-corrected chi connectivity index (χ1v) is 9.29. The molecule has 1 fully saturated rings. The van der Waals surface area contributed by atoms with E-state index in [4.69, 9.17) is 4.74 Å². The maximum Gasteiger partial charge on any atom is 0.269 e. The van der Waals surface area contributed by atoms with Crippen LogP contribution in [0.3, 0.4) is 0 Å². The van der Waals surface area contributed by atoms with Crippen molar-refractivity contribution in [2.24, 2.45) is 0 Å². The number of hydrogen-bond acceptors (Lipinski definition) is 6. The smallest absolute Gasteiger partial charge is 0.269 e. The van der Waals surface area contributed by atoms with Gasteiger partial charge < -0.3 is 9.84 Å². The summed E-state index contributed by atoms with van der Waals surface area (Å²) in [6, 6.07) is 9.00. The van der Waals surface area contributed by atoms with Crippen LogP contribution in [0.1, 0.15) is 40.7 Å². The van der Waals surface area contributed by atoms with Crippen LogP contribution < -0.4 is 4.74 Å². The van der Waals surface area contributed by atoms with Gasteiger partial charge in [-0.05, 0) is 61.8 Å². The zero-order valence-electron chi connectivity index (χ0n) is 15.3. The predicted octanol–water partition coefficient (Wildman–Crippen LogP) is 3.90. The number of ketones is 1. The number of benzene rings is 2. The number of phenols is 1. The molecule has 0 bridgehead atoms. The maximum absolute atomic E-state index is 12.7. The molecule has 1 N–H and O–H groups in total. The summed E-state index contributed by atoms with van der Waals surface area (Å²) in [5, 5.41) is 21.1. The van der Waals surface area contributed by atoms with Crippen LogP contribution in [0.4, 0.5) is 5.69 Å². The number of likely N-dealkylation sites (tertiary alicyclic amines) is 1. The van der Waals surface area contributed by atoms with E-state index in [0.29, 0.717) is 29.0 Å². The summed E-state index contributed by atoms with van der Waals surface area (Å²) in [5.74, 6) is 0.417. The highest BCUT2D eigenvalue weighted by molar-refractivity contribution is 6.15. The highest BCUT2D eigenvalue weighted by Gasteiger charge is 2.31. The first kappa shape index (κ1) is 18.2. The van der Waals surface area contributed by atoms with E-state index in [1.165, 1.54) is 24.6 Å². The molecule has 144 valence electrons. The molecule has 2 aromatic carbocycles. The summed E-state index contributed by atoms with van der Waals surface area (Å²) >= 11 is 0. The Kier molecular flexibility index (Phi) is 4.83. The van der Waals surface area contributed by atoms with Crippen molar-refractivity contribution in [2.75, 3.05) is 13.1 Å². The second-order valence-electron chi connectivity index (χ2n) is 7.07. The van der Waals surface area contributed by atoms with Crippen LogP contribution in [0.2, 0.25) is 0 Å². The van der Waals surface area contributed by atoms with Crippen LogP contribution >= 0.6 is 0 Å². The van der Waals surface area contributed by atoms with Crippen LogP contribution in [0, 0.1) is 10.1 Å². The van der Waals surface area contributed by atoms with Crippen molar-refractivity contribution < 1.29 is 19.6 Å². The third-order valence-corrected chi connectivity index (χ3v) is 5.15. The Bertz CT molecular complexity index is 960. The van der Waals surface area contributed by atoms with E-state index in [2.05, 4.69) is 4.90 Å². The Morgan fingerprint density at radius 2 is 1.82 bits per heavy atom. The average molecular weight is 380 g/mol. The molecule has 2 heterocycles. The number of non-ortho nitro benzene ring substituents is 1. The van der Waals surface area contributed by atoms with Crippen molar-refractivity contribution >= 4 is 17.5 Å². The third kappa shape index (κ3) is 3.48. The molecule has 2 aromatic rings. The number of hydrogen-bond donors (Lipinski definition) is 1. The molecule has 1 saturated heterocycles. The molecule has 2 aliphatic heterocycles. The lowest BCUT2D eigenvalue weighted by Crippen LogP contribution is -2.29. The fourth-order valence-corrected chi connectivity index (χ4v) is 3.63. The summed E-state index contributed by atoms with van der Waals surface area (Å²) in [6.45, 7) is 2.46. The molecule has 7 nitrogen and oxygen atoms in total. The van der Waals surface area contributed by atoms with Gasteiger partial charge in [-0.15, -0.1) is 0 Å². The van der Waals surface area contributed by atoms with Gasteiger partial charge in [-0.3, -0.25) is 19.8 Å². The van der Waals surface area contributed by atoms with Gasteiger partial charge in [0.25, 0.3) is 5.69 Å². The van der Waals surface area contributed by atoms with E-state index in [-0.39, 0.29) is 23.0 Å². The largest absolute Gasteiger partial charge is 0.507 e. The van der Waals surface area contributed by atoms with E-state index in [9.17, 15) is 20.0 Å². The Labute approximate surface area is 162 Å². The SMILES string of the molecule is O=C1/C(=C/c2ccc([N+](=O)[O-])cc2)Oc2c1ccc(O)c2CN1CCCCC1. The number of piperidine rings is 1. The predicted molar refractivity (Wildman–Crippen MR) is 103 cm³/mol. The molecule has 7 heteroatoms. The first-order valence-electron chi connectivity index (χ1n) is 9.29. The number of allylic oxidation sites excluding steroid dienone is 1. The van der Waals surface area contributed by atoms with Gasteiger partial charge in [-0.1, -0.05) is 6.42 Å². The van der Waals surface area contributed by atoms with E-state index < -0.39 is 4.92 Å². The lowest BCUT2D eigenvalue weighted by molar-refractivity contribution is -0.384. The fourth-order valence-electron chi connectivity index (χ4n) is 3.63. The summed E-state index contributed by atoms with van der Waals surface area (Å²) in [4.78, 5) is 25.3. The van der Waals surface area contributed by atoms with Crippen molar-refractivity contribution in [1.29, 1.82) is 0 Å². The lowest BCUT2D eigenvalue weighted by atomic mass is 10.0. The molecule has 4 rings (SSSR count). The zero-order valence-corrected chi connectivity index (χ0v) is 15.3. The molecule has 0 aliphatic carbocycles. The minimum atomic E-state index is -0.473. The quantitative estimate of drug-likeness (QED) is 0.491. The summed E-state index contributed by atoms with van der Waals surface area (Å²) in [5.41, 5.74) is 1.67. The van der Waals surface area contributed by atoms with E-state index in [1.807, 2.05) is 0 Å². The Balaban J connectivity index is 1.62. The fraction of sp³-hybridized carbons (Fsp3) is 0.286. The molecule has 28 heavy (non-hydrogen) atoms. The Morgan fingerprint density at radius 1 is 1.11 bits per heavy atom. The van der Waals surface area contributed by atoms with Crippen molar-refractivity contribution in [1.82, 2.24) is 4.90 Å². The number of ether oxygens (including phenoxy) is 1. The highest BCUT2D eigenvalue weighted by Crippen LogP contribution is 2.40. The number of phenolic OH excluding ortho intramolecular Hbond substituents is 1. The number of aromatic hydroxyl groups is 1. The number of carbonyl (C=O) groups is 1. The molecule has 0 amide bonds. The Hall–Kier alpha value is -3.19.